The van der Waals surface area contributed by atoms with Crippen molar-refractivity contribution < 1.29 is 14.7 Å². The molecule has 1 heterocycles. The van der Waals surface area contributed by atoms with E-state index in [9.17, 15) is 14.7 Å². The highest BCUT2D eigenvalue weighted by atomic mass is 16.3. The van der Waals surface area contributed by atoms with Gasteiger partial charge < -0.3 is 10.4 Å². The van der Waals surface area contributed by atoms with E-state index < -0.39 is 17.8 Å². The van der Waals surface area contributed by atoms with E-state index in [1.807, 2.05) is 13.8 Å². The van der Waals surface area contributed by atoms with Gasteiger partial charge in [0, 0.05) is 19.3 Å². The molecule has 0 aliphatic carbocycles. The van der Waals surface area contributed by atoms with Gasteiger partial charge in [-0.1, -0.05) is 13.8 Å². The maximum absolute atomic E-state index is 12.1. The van der Waals surface area contributed by atoms with Gasteiger partial charge in [-0.15, -0.1) is 0 Å². The number of hydrogen-bond donors (Lipinski definition) is 2. The lowest BCUT2D eigenvalue weighted by Crippen LogP contribution is -2.34. The molecule has 0 aliphatic heterocycles. The first-order valence-electron chi connectivity index (χ1n) is 6.76. The van der Waals surface area contributed by atoms with E-state index in [4.69, 9.17) is 0 Å². The van der Waals surface area contributed by atoms with Crippen LogP contribution in [0.2, 0.25) is 0 Å². The van der Waals surface area contributed by atoms with Crippen molar-refractivity contribution in [1.29, 1.82) is 0 Å². The topological polar surface area (TPSA) is 84.2 Å². The van der Waals surface area contributed by atoms with Gasteiger partial charge >= 0.3 is 0 Å². The molecular formula is C14H23N3O3. The van der Waals surface area contributed by atoms with Crippen molar-refractivity contribution in [3.8, 4) is 0 Å². The average molecular weight is 281 g/mol. The van der Waals surface area contributed by atoms with Crippen molar-refractivity contribution in [3.05, 3.63) is 17.0 Å². The molecular weight excluding hydrogens is 258 g/mol. The van der Waals surface area contributed by atoms with Crippen molar-refractivity contribution in [2.45, 2.75) is 40.2 Å². The van der Waals surface area contributed by atoms with Gasteiger partial charge in [-0.05, 0) is 26.2 Å². The lowest BCUT2D eigenvalue weighted by atomic mass is 10.0. The minimum atomic E-state index is -0.653. The summed E-state index contributed by atoms with van der Waals surface area (Å²) in [5, 5.41) is 16.3. The van der Waals surface area contributed by atoms with E-state index in [1.54, 1.807) is 25.6 Å². The number of rotatable bonds is 6. The maximum Gasteiger partial charge on any atom is 0.292 e. The number of aromatic nitrogens is 2. The number of nitrogens with one attached hydrogen (secondary N) is 1. The average Bonchev–Trinajstić information content (AvgIpc) is 2.62. The first-order valence-corrected chi connectivity index (χ1v) is 6.76. The summed E-state index contributed by atoms with van der Waals surface area (Å²) < 4.78 is 1.58. The van der Waals surface area contributed by atoms with Crippen molar-refractivity contribution in [3.63, 3.8) is 0 Å². The molecule has 6 heteroatoms. The van der Waals surface area contributed by atoms with Crippen LogP contribution < -0.4 is 5.32 Å². The Balaban J connectivity index is 2.62. The van der Waals surface area contributed by atoms with E-state index in [-0.39, 0.29) is 12.5 Å². The molecule has 1 aromatic rings. The molecule has 0 spiro atoms. The second-order valence-corrected chi connectivity index (χ2v) is 5.35. The van der Waals surface area contributed by atoms with Gasteiger partial charge in [-0.3, -0.25) is 14.3 Å². The van der Waals surface area contributed by atoms with Crippen LogP contribution in [-0.4, -0.2) is 39.2 Å². The molecule has 0 saturated heterocycles. The van der Waals surface area contributed by atoms with Gasteiger partial charge in [-0.25, -0.2) is 0 Å². The summed E-state index contributed by atoms with van der Waals surface area (Å²) in [6.45, 7) is 7.54. The number of ketones is 1. The van der Waals surface area contributed by atoms with Crippen LogP contribution in [0.3, 0.4) is 0 Å². The molecule has 0 saturated carbocycles. The minimum Gasteiger partial charge on any atom is -0.393 e. The zero-order chi connectivity index (χ0) is 15.4. The molecule has 0 aromatic carbocycles. The Bertz CT molecular complexity index is 506. The fourth-order valence-electron chi connectivity index (χ4n) is 1.96. The van der Waals surface area contributed by atoms with Crippen LogP contribution in [0.5, 0.6) is 0 Å². The standard InChI is InChI=1S/C14H23N3O3/c1-8(2)11(18)6-7-15-14(20)13(19)12-9(3)16-17(5)10(12)4/h8,11,18H,6-7H2,1-5H3,(H,15,20). The summed E-state index contributed by atoms with van der Waals surface area (Å²) >= 11 is 0. The normalized spacial score (nSPS) is 12.6. The predicted octanol–water partition coefficient (Wildman–Crippen LogP) is 0.743. The van der Waals surface area contributed by atoms with E-state index >= 15 is 0 Å². The third kappa shape index (κ3) is 3.66. The number of Topliss-reactive ketones (excluding diaryl/α,β-unsaturated/α-hetero) is 1. The molecule has 0 aliphatic rings. The van der Waals surface area contributed by atoms with Gasteiger partial charge in [0.1, 0.15) is 0 Å². The first-order chi connectivity index (χ1) is 9.25. The number of carbonyl (C=O) groups excluding carboxylic acids is 2. The lowest BCUT2D eigenvalue weighted by molar-refractivity contribution is -0.117. The second kappa shape index (κ2) is 6.65. The van der Waals surface area contributed by atoms with Crippen LogP contribution >= 0.6 is 0 Å². The number of aliphatic hydroxyl groups excluding tert-OH is 1. The van der Waals surface area contributed by atoms with Crippen LogP contribution in [-0.2, 0) is 11.8 Å². The van der Waals surface area contributed by atoms with Gasteiger partial charge in [-0.2, -0.15) is 5.10 Å². The SMILES string of the molecule is Cc1nn(C)c(C)c1C(=O)C(=O)NCCC(O)C(C)C. The van der Waals surface area contributed by atoms with Gasteiger partial charge in [0.15, 0.2) is 0 Å². The smallest absolute Gasteiger partial charge is 0.292 e. The van der Waals surface area contributed by atoms with Crippen LogP contribution in [0.1, 0.15) is 42.0 Å². The summed E-state index contributed by atoms with van der Waals surface area (Å²) in [5.41, 5.74) is 1.58. The zero-order valence-corrected chi connectivity index (χ0v) is 12.7. The van der Waals surface area contributed by atoms with Crippen molar-refractivity contribution >= 4 is 11.7 Å². The zero-order valence-electron chi connectivity index (χ0n) is 12.7. The fraction of sp³-hybridized carbons (Fsp3) is 0.643. The summed E-state index contributed by atoms with van der Waals surface area (Å²) in [4.78, 5) is 23.9. The van der Waals surface area contributed by atoms with Crippen LogP contribution in [0.25, 0.3) is 0 Å². The number of amides is 1. The largest absolute Gasteiger partial charge is 0.393 e. The second-order valence-electron chi connectivity index (χ2n) is 5.35. The lowest BCUT2D eigenvalue weighted by Gasteiger charge is -2.14. The Kier molecular flexibility index (Phi) is 5.44. The Morgan fingerprint density at radius 2 is 1.95 bits per heavy atom. The van der Waals surface area contributed by atoms with Crippen LogP contribution in [0.4, 0.5) is 0 Å². The molecule has 0 fully saturated rings. The molecule has 0 bridgehead atoms. The molecule has 1 amide bonds. The van der Waals surface area contributed by atoms with Crippen LogP contribution in [0, 0.1) is 19.8 Å². The molecule has 20 heavy (non-hydrogen) atoms. The minimum absolute atomic E-state index is 0.130. The predicted molar refractivity (Wildman–Crippen MR) is 75.5 cm³/mol. The number of hydrogen-bond acceptors (Lipinski definition) is 4. The van der Waals surface area contributed by atoms with Gasteiger partial charge in [0.05, 0.1) is 17.4 Å². The third-order valence-corrected chi connectivity index (χ3v) is 3.44. The molecule has 1 atom stereocenters. The summed E-state index contributed by atoms with van der Waals surface area (Å²) in [7, 11) is 1.73. The van der Waals surface area contributed by atoms with Crippen LogP contribution in [0.15, 0.2) is 0 Å². The molecule has 0 radical (unpaired) electrons. The number of aryl methyl sites for hydroxylation is 2. The summed E-state index contributed by atoms with van der Waals surface area (Å²) in [6, 6.07) is 0. The van der Waals surface area contributed by atoms with Crippen molar-refractivity contribution in [2.24, 2.45) is 13.0 Å². The van der Waals surface area contributed by atoms with E-state index in [1.165, 1.54) is 0 Å². The molecule has 112 valence electrons. The van der Waals surface area contributed by atoms with E-state index in [0.717, 1.165) is 0 Å². The molecule has 1 aromatic heterocycles. The highest BCUT2D eigenvalue weighted by Crippen LogP contribution is 2.12. The first kappa shape index (κ1) is 16.4. The number of aliphatic hydroxyl groups is 1. The van der Waals surface area contributed by atoms with E-state index in [0.29, 0.717) is 23.4 Å². The monoisotopic (exact) mass is 281 g/mol. The molecule has 2 N–H and O–H groups in total. The van der Waals surface area contributed by atoms with Gasteiger partial charge in [0.25, 0.3) is 11.7 Å². The fourth-order valence-corrected chi connectivity index (χ4v) is 1.96. The van der Waals surface area contributed by atoms with Crippen molar-refractivity contribution in [2.75, 3.05) is 6.54 Å². The number of nitrogens with zero attached hydrogens (tertiary/aromatic N) is 2. The van der Waals surface area contributed by atoms with E-state index in [2.05, 4.69) is 10.4 Å². The highest BCUT2D eigenvalue weighted by molar-refractivity contribution is 6.43. The Hall–Kier alpha value is -1.69. The molecule has 6 nitrogen and oxygen atoms in total. The Morgan fingerprint density at radius 3 is 2.40 bits per heavy atom. The number of carbonyl (C=O) groups is 2. The maximum atomic E-state index is 12.1. The Morgan fingerprint density at radius 1 is 1.35 bits per heavy atom. The quantitative estimate of drug-likeness (QED) is 0.595. The van der Waals surface area contributed by atoms with Gasteiger partial charge in [0.2, 0.25) is 0 Å². The molecule has 1 rings (SSSR count). The van der Waals surface area contributed by atoms with Crippen molar-refractivity contribution in [1.82, 2.24) is 15.1 Å². The third-order valence-electron chi connectivity index (χ3n) is 3.44. The highest BCUT2D eigenvalue weighted by Gasteiger charge is 2.23. The summed E-state index contributed by atoms with van der Waals surface area (Å²) in [5.74, 6) is -1.10. The Labute approximate surface area is 119 Å². The summed E-state index contributed by atoms with van der Waals surface area (Å²) in [6.07, 6.45) is -0.0472. The molecule has 1 unspecified atom stereocenters.